The van der Waals surface area contributed by atoms with Gasteiger partial charge in [0.15, 0.2) is 0 Å². The first kappa shape index (κ1) is 23.6. The van der Waals surface area contributed by atoms with Gasteiger partial charge in [-0.2, -0.15) is 9.78 Å². The predicted octanol–water partition coefficient (Wildman–Crippen LogP) is 6.49. The SMILES string of the molecule is CC(C)c1nc2ccc(Br)cc2c(=O)n1N=Cc1ccc(OCc2ccc(F)cc2)c(I)c1. The van der Waals surface area contributed by atoms with E-state index in [-0.39, 0.29) is 17.3 Å². The molecule has 5 nitrogen and oxygen atoms in total. The van der Waals surface area contributed by atoms with Crippen LogP contribution in [-0.4, -0.2) is 15.9 Å². The van der Waals surface area contributed by atoms with Crippen molar-refractivity contribution >= 4 is 55.6 Å². The molecule has 1 heterocycles. The molecule has 1 aromatic heterocycles. The Balaban J connectivity index is 1.60. The van der Waals surface area contributed by atoms with Crippen molar-refractivity contribution < 1.29 is 9.13 Å². The third-order valence-electron chi connectivity index (χ3n) is 4.94. The summed E-state index contributed by atoms with van der Waals surface area (Å²) in [5, 5.41) is 4.98. The molecule has 4 aromatic rings. The average molecular weight is 620 g/mol. The molecule has 0 N–H and O–H groups in total. The van der Waals surface area contributed by atoms with Gasteiger partial charge in [0.1, 0.15) is 24.0 Å². The van der Waals surface area contributed by atoms with Gasteiger partial charge < -0.3 is 4.74 Å². The zero-order valence-corrected chi connectivity index (χ0v) is 21.7. The van der Waals surface area contributed by atoms with Gasteiger partial charge in [0.05, 0.1) is 20.7 Å². The Bertz CT molecular complexity index is 1400. The van der Waals surface area contributed by atoms with E-state index in [1.807, 2.05) is 44.2 Å². The Hall–Kier alpha value is -2.59. The summed E-state index contributed by atoms with van der Waals surface area (Å²) < 4.78 is 22.0. The summed E-state index contributed by atoms with van der Waals surface area (Å²) in [6.45, 7) is 4.30. The van der Waals surface area contributed by atoms with E-state index >= 15 is 0 Å². The van der Waals surface area contributed by atoms with Crippen molar-refractivity contribution in [3.63, 3.8) is 0 Å². The van der Waals surface area contributed by atoms with Crippen LogP contribution in [0.15, 0.2) is 75.0 Å². The van der Waals surface area contributed by atoms with Crippen LogP contribution in [0.2, 0.25) is 0 Å². The highest BCUT2D eigenvalue weighted by atomic mass is 127. The maximum Gasteiger partial charge on any atom is 0.282 e. The van der Waals surface area contributed by atoms with Crippen LogP contribution in [0.4, 0.5) is 4.39 Å². The maximum absolute atomic E-state index is 13.1. The summed E-state index contributed by atoms with van der Waals surface area (Å²) in [5.74, 6) is 1.06. The van der Waals surface area contributed by atoms with Gasteiger partial charge in [0.25, 0.3) is 5.56 Å². The van der Waals surface area contributed by atoms with Crippen LogP contribution in [-0.2, 0) is 6.61 Å². The van der Waals surface area contributed by atoms with Gasteiger partial charge in [0, 0.05) is 10.4 Å². The smallest absolute Gasteiger partial charge is 0.282 e. The molecule has 0 amide bonds. The Kier molecular flexibility index (Phi) is 7.23. The first-order valence-electron chi connectivity index (χ1n) is 10.2. The first-order chi connectivity index (χ1) is 15.8. The highest BCUT2D eigenvalue weighted by molar-refractivity contribution is 14.1. The van der Waals surface area contributed by atoms with Crippen molar-refractivity contribution in [3.05, 3.63) is 102 Å². The van der Waals surface area contributed by atoms with Crippen LogP contribution in [0, 0.1) is 9.39 Å². The van der Waals surface area contributed by atoms with Gasteiger partial charge in [0.2, 0.25) is 0 Å². The van der Waals surface area contributed by atoms with E-state index in [9.17, 15) is 9.18 Å². The summed E-state index contributed by atoms with van der Waals surface area (Å²) in [6, 6.07) is 17.3. The number of nitrogens with zero attached hydrogens (tertiary/aromatic N) is 3. The highest BCUT2D eigenvalue weighted by Crippen LogP contribution is 2.23. The molecule has 0 atom stereocenters. The second-order valence-corrected chi connectivity index (χ2v) is 9.83. The number of benzene rings is 3. The van der Waals surface area contributed by atoms with Gasteiger partial charge in [-0.25, -0.2) is 9.37 Å². The molecule has 0 radical (unpaired) electrons. The number of hydrogen-bond acceptors (Lipinski definition) is 4. The quantitative estimate of drug-likeness (QED) is 0.183. The number of aromatic nitrogens is 2. The Labute approximate surface area is 212 Å². The number of rotatable bonds is 6. The summed E-state index contributed by atoms with van der Waals surface area (Å²) >= 11 is 5.61. The average Bonchev–Trinajstić information content (AvgIpc) is 2.79. The summed E-state index contributed by atoms with van der Waals surface area (Å²) in [4.78, 5) is 17.8. The van der Waals surface area contributed by atoms with Gasteiger partial charge in [-0.05, 0) is 82.2 Å². The minimum atomic E-state index is -0.272. The van der Waals surface area contributed by atoms with Crippen LogP contribution in [0.25, 0.3) is 10.9 Å². The first-order valence-corrected chi connectivity index (χ1v) is 12.1. The minimum Gasteiger partial charge on any atom is -0.488 e. The molecule has 0 aliphatic rings. The zero-order chi connectivity index (χ0) is 23.5. The predicted molar refractivity (Wildman–Crippen MR) is 141 cm³/mol. The minimum absolute atomic E-state index is 0.0188. The molecule has 4 rings (SSSR count). The number of hydrogen-bond donors (Lipinski definition) is 0. The lowest BCUT2D eigenvalue weighted by molar-refractivity contribution is 0.304. The fourth-order valence-electron chi connectivity index (χ4n) is 3.23. The molecule has 0 spiro atoms. The zero-order valence-electron chi connectivity index (χ0n) is 17.9. The third-order valence-corrected chi connectivity index (χ3v) is 6.27. The van der Waals surface area contributed by atoms with Crippen LogP contribution in [0.1, 0.15) is 36.7 Å². The van der Waals surface area contributed by atoms with E-state index < -0.39 is 0 Å². The lowest BCUT2D eigenvalue weighted by atomic mass is 10.2. The van der Waals surface area contributed by atoms with Gasteiger partial charge >= 0.3 is 0 Å². The fourth-order valence-corrected chi connectivity index (χ4v) is 4.29. The number of fused-ring (bicyclic) bond motifs is 1. The third kappa shape index (κ3) is 5.50. The molecular weight excluding hydrogens is 600 g/mol. The number of halogens is 3. The van der Waals surface area contributed by atoms with E-state index in [0.29, 0.717) is 29.1 Å². The summed E-state index contributed by atoms with van der Waals surface area (Å²) in [6.07, 6.45) is 1.64. The highest BCUT2D eigenvalue weighted by Gasteiger charge is 2.14. The summed E-state index contributed by atoms with van der Waals surface area (Å²) in [5.41, 5.74) is 2.14. The van der Waals surface area contributed by atoms with Gasteiger partial charge in [-0.3, -0.25) is 4.79 Å². The van der Waals surface area contributed by atoms with Crippen molar-refractivity contribution in [2.75, 3.05) is 0 Å². The van der Waals surface area contributed by atoms with Crippen molar-refractivity contribution in [2.24, 2.45) is 5.10 Å². The molecule has 0 fully saturated rings. The Morgan fingerprint density at radius 2 is 1.91 bits per heavy atom. The molecule has 3 aromatic carbocycles. The van der Waals surface area contributed by atoms with Crippen LogP contribution in [0.3, 0.4) is 0 Å². The molecular formula is C25H20BrFIN3O2. The van der Waals surface area contributed by atoms with Crippen molar-refractivity contribution in [3.8, 4) is 5.75 Å². The van der Waals surface area contributed by atoms with Crippen LogP contribution in [0.5, 0.6) is 5.75 Å². The molecule has 0 unspecified atom stereocenters. The molecule has 0 aliphatic heterocycles. The second kappa shape index (κ2) is 10.1. The Morgan fingerprint density at radius 1 is 1.15 bits per heavy atom. The van der Waals surface area contributed by atoms with E-state index in [0.717, 1.165) is 19.2 Å². The maximum atomic E-state index is 13.1. The molecule has 8 heteroatoms. The molecule has 0 bridgehead atoms. The monoisotopic (exact) mass is 619 g/mol. The van der Waals surface area contributed by atoms with E-state index in [2.05, 4.69) is 48.6 Å². The lowest BCUT2D eigenvalue weighted by Gasteiger charge is -2.12. The van der Waals surface area contributed by atoms with E-state index in [1.54, 1.807) is 24.4 Å². The largest absolute Gasteiger partial charge is 0.488 e. The second-order valence-electron chi connectivity index (χ2n) is 7.75. The van der Waals surface area contributed by atoms with Crippen LogP contribution >= 0.6 is 38.5 Å². The molecule has 0 saturated carbocycles. The standard InChI is InChI=1S/C25H20BrFIN3O2/c1-15(2)24-30-22-9-6-18(26)12-20(22)25(32)31(24)29-13-17-5-10-23(21(28)11-17)33-14-16-3-7-19(27)8-4-16/h3-13,15H,14H2,1-2H3. The lowest BCUT2D eigenvalue weighted by Crippen LogP contribution is -2.23. The molecule has 33 heavy (non-hydrogen) atoms. The number of ether oxygens (including phenoxy) is 1. The van der Waals surface area contributed by atoms with Gasteiger partial charge in [-0.15, -0.1) is 0 Å². The van der Waals surface area contributed by atoms with Gasteiger partial charge in [-0.1, -0.05) is 41.9 Å². The molecule has 0 saturated heterocycles. The normalized spacial score (nSPS) is 11.6. The Morgan fingerprint density at radius 3 is 2.61 bits per heavy atom. The van der Waals surface area contributed by atoms with E-state index in [1.165, 1.54) is 16.8 Å². The van der Waals surface area contributed by atoms with Crippen molar-refractivity contribution in [1.82, 2.24) is 9.66 Å². The fraction of sp³-hybridized carbons (Fsp3) is 0.160. The van der Waals surface area contributed by atoms with Crippen molar-refractivity contribution in [1.29, 1.82) is 0 Å². The topological polar surface area (TPSA) is 56.5 Å². The molecule has 0 aliphatic carbocycles. The molecule has 168 valence electrons. The summed E-state index contributed by atoms with van der Waals surface area (Å²) in [7, 11) is 0. The van der Waals surface area contributed by atoms with Crippen molar-refractivity contribution in [2.45, 2.75) is 26.4 Å². The van der Waals surface area contributed by atoms with Crippen LogP contribution < -0.4 is 10.3 Å². The van der Waals surface area contributed by atoms with E-state index in [4.69, 9.17) is 4.74 Å².